The summed E-state index contributed by atoms with van der Waals surface area (Å²) in [5, 5.41) is 11.4. The molecule has 0 aliphatic carbocycles. The summed E-state index contributed by atoms with van der Waals surface area (Å²) in [5.41, 5.74) is 2.59. The Morgan fingerprint density at radius 2 is 1.81 bits per heavy atom. The molecule has 0 amide bonds. The van der Waals surface area contributed by atoms with Crippen molar-refractivity contribution in [2.75, 3.05) is 13.0 Å². The molecule has 0 bridgehead atoms. The first-order valence-electron chi connectivity index (χ1n) is 7.02. The fourth-order valence-electron chi connectivity index (χ4n) is 2.88. The Labute approximate surface area is 131 Å². The van der Waals surface area contributed by atoms with Gasteiger partial charge in [0.1, 0.15) is 11.4 Å². The summed E-state index contributed by atoms with van der Waals surface area (Å²) in [6, 6.07) is 13.6. The molecule has 112 valence electrons. The molecule has 0 spiro atoms. The molecule has 0 aliphatic rings. The predicted octanol–water partition coefficient (Wildman–Crippen LogP) is 4.18. The van der Waals surface area contributed by atoms with Gasteiger partial charge in [0.2, 0.25) is 0 Å². The zero-order valence-electron chi connectivity index (χ0n) is 12.7. The van der Waals surface area contributed by atoms with E-state index in [1.807, 2.05) is 50.2 Å². The summed E-state index contributed by atoms with van der Waals surface area (Å²) in [4.78, 5) is 0. The highest BCUT2D eigenvalue weighted by Crippen LogP contribution is 2.41. The van der Waals surface area contributed by atoms with Crippen molar-refractivity contribution in [1.29, 1.82) is 0 Å². The second-order valence-corrected chi connectivity index (χ2v) is 5.70. The van der Waals surface area contributed by atoms with E-state index in [1.54, 1.807) is 7.11 Å². The van der Waals surface area contributed by atoms with Gasteiger partial charge in [0.25, 0.3) is 0 Å². The fourth-order valence-corrected chi connectivity index (χ4v) is 3.16. The molecule has 0 heterocycles. The molecule has 0 aliphatic heterocycles. The Balaban J connectivity index is 2.69. The van der Waals surface area contributed by atoms with Gasteiger partial charge < -0.3 is 9.84 Å². The van der Waals surface area contributed by atoms with Gasteiger partial charge in [0, 0.05) is 11.4 Å². The first-order chi connectivity index (χ1) is 10.0. The van der Waals surface area contributed by atoms with Gasteiger partial charge in [-0.2, -0.15) is 0 Å². The number of hydrogen-bond acceptors (Lipinski definition) is 2. The largest absolute Gasteiger partial charge is 0.496 e. The van der Waals surface area contributed by atoms with Crippen LogP contribution in [0.1, 0.15) is 28.7 Å². The highest BCUT2D eigenvalue weighted by atomic mass is 35.5. The van der Waals surface area contributed by atoms with E-state index in [9.17, 15) is 5.11 Å². The molecule has 0 radical (unpaired) electrons. The summed E-state index contributed by atoms with van der Waals surface area (Å²) in [6.45, 7) is 4.01. The SMILES string of the molecule is COc1cc(C)cc(C)c1C(O)(CCCl)c1ccccc1. The van der Waals surface area contributed by atoms with Crippen LogP contribution in [0.15, 0.2) is 42.5 Å². The second-order valence-electron chi connectivity index (χ2n) is 5.32. The van der Waals surface area contributed by atoms with Crippen LogP contribution in [-0.2, 0) is 5.60 Å². The third-order valence-corrected chi connectivity index (χ3v) is 3.97. The molecule has 3 heteroatoms. The molecular weight excluding hydrogens is 284 g/mol. The van der Waals surface area contributed by atoms with Gasteiger partial charge in [-0.05, 0) is 43.0 Å². The topological polar surface area (TPSA) is 29.5 Å². The van der Waals surface area contributed by atoms with Crippen LogP contribution in [0.4, 0.5) is 0 Å². The normalized spacial score (nSPS) is 13.8. The number of methoxy groups -OCH3 is 1. The zero-order chi connectivity index (χ0) is 15.5. The lowest BCUT2D eigenvalue weighted by Gasteiger charge is -2.32. The minimum Gasteiger partial charge on any atom is -0.496 e. The molecule has 1 atom stereocenters. The molecule has 1 unspecified atom stereocenters. The Kier molecular flexibility index (Phi) is 4.92. The number of aryl methyl sites for hydroxylation is 2. The highest BCUT2D eigenvalue weighted by Gasteiger charge is 2.35. The molecule has 0 saturated carbocycles. The summed E-state index contributed by atoms with van der Waals surface area (Å²) in [5.74, 6) is 1.06. The molecule has 21 heavy (non-hydrogen) atoms. The molecular formula is C18H21ClO2. The maximum absolute atomic E-state index is 11.4. The molecule has 2 nitrogen and oxygen atoms in total. The first-order valence-corrected chi connectivity index (χ1v) is 7.56. The quantitative estimate of drug-likeness (QED) is 0.840. The van der Waals surface area contributed by atoms with Crippen LogP contribution >= 0.6 is 11.6 Å². The Hall–Kier alpha value is -1.51. The molecule has 2 aromatic carbocycles. The van der Waals surface area contributed by atoms with Crippen LogP contribution in [0.5, 0.6) is 5.75 Å². The average molecular weight is 305 g/mol. The lowest BCUT2D eigenvalue weighted by atomic mass is 9.81. The number of benzene rings is 2. The molecule has 2 aromatic rings. The van der Waals surface area contributed by atoms with Crippen molar-refractivity contribution in [1.82, 2.24) is 0 Å². The average Bonchev–Trinajstić information content (AvgIpc) is 2.47. The Bertz CT molecular complexity index is 610. The maximum atomic E-state index is 11.4. The van der Waals surface area contributed by atoms with E-state index in [0.717, 1.165) is 22.3 Å². The van der Waals surface area contributed by atoms with Crippen molar-refractivity contribution in [2.45, 2.75) is 25.9 Å². The lowest BCUT2D eigenvalue weighted by molar-refractivity contribution is 0.0739. The van der Waals surface area contributed by atoms with Crippen molar-refractivity contribution in [3.8, 4) is 5.75 Å². The molecule has 0 saturated heterocycles. The third-order valence-electron chi connectivity index (χ3n) is 3.78. The van der Waals surface area contributed by atoms with Crippen molar-refractivity contribution < 1.29 is 9.84 Å². The van der Waals surface area contributed by atoms with Gasteiger partial charge >= 0.3 is 0 Å². The van der Waals surface area contributed by atoms with Crippen LogP contribution in [0, 0.1) is 13.8 Å². The van der Waals surface area contributed by atoms with E-state index in [-0.39, 0.29) is 0 Å². The van der Waals surface area contributed by atoms with Gasteiger partial charge in [-0.3, -0.25) is 0 Å². The van der Waals surface area contributed by atoms with Gasteiger partial charge in [-0.1, -0.05) is 36.4 Å². The summed E-state index contributed by atoms with van der Waals surface area (Å²) < 4.78 is 5.52. The number of aliphatic hydroxyl groups is 1. The summed E-state index contributed by atoms with van der Waals surface area (Å²) in [7, 11) is 1.63. The second kappa shape index (κ2) is 6.50. The van der Waals surface area contributed by atoms with Gasteiger partial charge in [-0.25, -0.2) is 0 Å². The van der Waals surface area contributed by atoms with E-state index >= 15 is 0 Å². The van der Waals surface area contributed by atoms with Crippen LogP contribution in [0.3, 0.4) is 0 Å². The summed E-state index contributed by atoms with van der Waals surface area (Å²) in [6.07, 6.45) is 0.429. The Morgan fingerprint density at radius 1 is 1.14 bits per heavy atom. The number of hydrogen-bond donors (Lipinski definition) is 1. The molecule has 1 N–H and O–H groups in total. The third kappa shape index (κ3) is 3.07. The van der Waals surface area contributed by atoms with Gasteiger partial charge in [-0.15, -0.1) is 11.6 Å². The maximum Gasteiger partial charge on any atom is 0.125 e. The summed E-state index contributed by atoms with van der Waals surface area (Å²) >= 11 is 5.96. The van der Waals surface area contributed by atoms with Crippen molar-refractivity contribution >= 4 is 11.6 Å². The standard InChI is InChI=1S/C18H21ClO2/c1-13-11-14(2)17(16(12-13)21-3)18(20,9-10-19)15-7-5-4-6-8-15/h4-8,11-12,20H,9-10H2,1-3H3. The molecule has 0 fully saturated rings. The Morgan fingerprint density at radius 3 is 2.38 bits per heavy atom. The van der Waals surface area contributed by atoms with E-state index in [4.69, 9.17) is 16.3 Å². The van der Waals surface area contributed by atoms with Gasteiger partial charge in [0.15, 0.2) is 0 Å². The van der Waals surface area contributed by atoms with Crippen molar-refractivity contribution in [3.05, 3.63) is 64.7 Å². The number of rotatable bonds is 5. The minimum atomic E-state index is -1.15. The first kappa shape index (κ1) is 15.9. The van der Waals surface area contributed by atoms with Crippen LogP contribution < -0.4 is 4.74 Å². The zero-order valence-corrected chi connectivity index (χ0v) is 13.4. The monoisotopic (exact) mass is 304 g/mol. The van der Waals surface area contributed by atoms with Crippen LogP contribution in [-0.4, -0.2) is 18.1 Å². The van der Waals surface area contributed by atoms with Crippen molar-refractivity contribution in [2.24, 2.45) is 0 Å². The van der Waals surface area contributed by atoms with E-state index < -0.39 is 5.60 Å². The van der Waals surface area contributed by atoms with Gasteiger partial charge in [0.05, 0.1) is 7.11 Å². The minimum absolute atomic E-state index is 0.363. The number of halogens is 1. The number of alkyl halides is 1. The highest BCUT2D eigenvalue weighted by molar-refractivity contribution is 6.17. The van der Waals surface area contributed by atoms with E-state index in [0.29, 0.717) is 18.1 Å². The van der Waals surface area contributed by atoms with Crippen LogP contribution in [0.25, 0.3) is 0 Å². The fraction of sp³-hybridized carbons (Fsp3) is 0.333. The van der Waals surface area contributed by atoms with E-state index in [1.165, 1.54) is 0 Å². The predicted molar refractivity (Wildman–Crippen MR) is 87.2 cm³/mol. The van der Waals surface area contributed by atoms with Crippen molar-refractivity contribution in [3.63, 3.8) is 0 Å². The molecule has 0 aromatic heterocycles. The number of ether oxygens (including phenoxy) is 1. The van der Waals surface area contributed by atoms with Crippen LogP contribution in [0.2, 0.25) is 0 Å². The van der Waals surface area contributed by atoms with E-state index in [2.05, 4.69) is 6.07 Å². The molecule has 2 rings (SSSR count). The lowest BCUT2D eigenvalue weighted by Crippen LogP contribution is -2.29. The smallest absolute Gasteiger partial charge is 0.125 e.